The van der Waals surface area contributed by atoms with Crippen LogP contribution >= 0.6 is 0 Å². The normalized spacial score (nSPS) is 24.1. The second kappa shape index (κ2) is 8.70. The summed E-state index contributed by atoms with van der Waals surface area (Å²) in [5, 5.41) is 6.34. The summed E-state index contributed by atoms with van der Waals surface area (Å²) >= 11 is 0. The highest BCUT2D eigenvalue weighted by atomic mass is 16.2. The second-order valence-corrected chi connectivity index (χ2v) is 8.20. The standard InChI is InChI=1S/C22H32N2O2/c1-15-8-9-16(2)20(14-15)24-22(26)18-12-10-17(11-13-18)21(25)23-19-6-4-3-5-7-19/h8-9,14,17-19H,3-7,10-13H2,1-2H3,(H,23,25)(H,24,26). The molecule has 142 valence electrons. The maximum Gasteiger partial charge on any atom is 0.227 e. The van der Waals surface area contributed by atoms with Crippen molar-refractivity contribution in [3.05, 3.63) is 29.3 Å². The molecule has 2 N–H and O–H groups in total. The first-order valence-electron chi connectivity index (χ1n) is 10.2. The Morgan fingerprint density at radius 1 is 0.846 bits per heavy atom. The van der Waals surface area contributed by atoms with Gasteiger partial charge in [0.05, 0.1) is 0 Å². The van der Waals surface area contributed by atoms with Crippen LogP contribution < -0.4 is 10.6 Å². The minimum atomic E-state index is 0.0219. The van der Waals surface area contributed by atoms with Gasteiger partial charge in [0.25, 0.3) is 0 Å². The van der Waals surface area contributed by atoms with Crippen molar-refractivity contribution >= 4 is 17.5 Å². The minimum absolute atomic E-state index is 0.0219. The first-order chi connectivity index (χ1) is 12.5. The Labute approximate surface area is 157 Å². The maximum absolute atomic E-state index is 12.6. The Bertz CT molecular complexity index is 642. The number of carbonyl (C=O) groups is 2. The van der Waals surface area contributed by atoms with Gasteiger partial charge in [0.15, 0.2) is 0 Å². The lowest BCUT2D eigenvalue weighted by molar-refractivity contribution is -0.129. The lowest BCUT2D eigenvalue weighted by atomic mass is 9.80. The number of nitrogens with one attached hydrogen (secondary N) is 2. The second-order valence-electron chi connectivity index (χ2n) is 8.20. The summed E-state index contributed by atoms with van der Waals surface area (Å²) in [4.78, 5) is 25.1. The van der Waals surface area contributed by atoms with Crippen LogP contribution in [0.3, 0.4) is 0 Å². The van der Waals surface area contributed by atoms with Crippen molar-refractivity contribution in [2.24, 2.45) is 11.8 Å². The molecule has 4 nitrogen and oxygen atoms in total. The highest BCUT2D eigenvalue weighted by Crippen LogP contribution is 2.31. The van der Waals surface area contributed by atoms with Gasteiger partial charge in [-0.1, -0.05) is 31.4 Å². The zero-order valence-electron chi connectivity index (χ0n) is 16.1. The van der Waals surface area contributed by atoms with Crippen LogP contribution in [0.15, 0.2) is 18.2 Å². The van der Waals surface area contributed by atoms with E-state index in [1.54, 1.807) is 0 Å². The summed E-state index contributed by atoms with van der Waals surface area (Å²) in [5.41, 5.74) is 3.14. The molecule has 0 aliphatic heterocycles. The molecule has 0 aromatic heterocycles. The Hall–Kier alpha value is -1.84. The quantitative estimate of drug-likeness (QED) is 0.834. The number of carbonyl (C=O) groups excluding carboxylic acids is 2. The van der Waals surface area contributed by atoms with Gasteiger partial charge in [-0.3, -0.25) is 9.59 Å². The largest absolute Gasteiger partial charge is 0.353 e. The van der Waals surface area contributed by atoms with E-state index in [1.807, 2.05) is 26.0 Å². The van der Waals surface area contributed by atoms with E-state index in [0.29, 0.717) is 6.04 Å². The molecule has 0 unspecified atom stereocenters. The van der Waals surface area contributed by atoms with Gasteiger partial charge in [-0.25, -0.2) is 0 Å². The van der Waals surface area contributed by atoms with Crippen LogP contribution in [0.2, 0.25) is 0 Å². The number of hydrogen-bond acceptors (Lipinski definition) is 2. The molecule has 2 amide bonds. The zero-order valence-corrected chi connectivity index (χ0v) is 16.1. The zero-order chi connectivity index (χ0) is 18.5. The summed E-state index contributed by atoms with van der Waals surface area (Å²) in [6, 6.07) is 6.50. The van der Waals surface area contributed by atoms with Crippen molar-refractivity contribution in [1.29, 1.82) is 0 Å². The van der Waals surface area contributed by atoms with Crippen LogP contribution in [0, 0.1) is 25.7 Å². The van der Waals surface area contributed by atoms with Crippen molar-refractivity contribution in [1.82, 2.24) is 5.32 Å². The SMILES string of the molecule is Cc1ccc(C)c(NC(=O)C2CCC(C(=O)NC3CCCCC3)CC2)c1. The monoisotopic (exact) mass is 356 g/mol. The third-order valence-corrected chi connectivity index (χ3v) is 6.07. The smallest absolute Gasteiger partial charge is 0.227 e. The summed E-state index contributed by atoms with van der Waals surface area (Å²) in [6.07, 6.45) is 9.27. The van der Waals surface area contributed by atoms with Crippen molar-refractivity contribution in [2.45, 2.75) is 77.7 Å². The lowest BCUT2D eigenvalue weighted by Gasteiger charge is -2.30. The number of amides is 2. The van der Waals surface area contributed by atoms with Crippen LogP contribution in [-0.2, 0) is 9.59 Å². The van der Waals surface area contributed by atoms with Gasteiger partial charge in [0.2, 0.25) is 11.8 Å². The van der Waals surface area contributed by atoms with Crippen LogP contribution in [0.5, 0.6) is 0 Å². The molecule has 1 aromatic rings. The van der Waals surface area contributed by atoms with Crippen molar-refractivity contribution in [3.8, 4) is 0 Å². The first kappa shape index (κ1) is 18.9. The van der Waals surface area contributed by atoms with Gasteiger partial charge in [0.1, 0.15) is 0 Å². The van der Waals surface area contributed by atoms with Gasteiger partial charge < -0.3 is 10.6 Å². The Kier molecular flexibility index (Phi) is 6.33. The molecule has 0 bridgehead atoms. The molecule has 2 aliphatic carbocycles. The molecule has 2 fully saturated rings. The first-order valence-corrected chi connectivity index (χ1v) is 10.2. The molecule has 3 rings (SSSR count). The fraction of sp³-hybridized carbons (Fsp3) is 0.636. The minimum Gasteiger partial charge on any atom is -0.353 e. The number of aryl methyl sites for hydroxylation is 2. The van der Waals surface area contributed by atoms with E-state index >= 15 is 0 Å². The molecule has 2 aliphatic rings. The van der Waals surface area contributed by atoms with Gasteiger partial charge in [-0.05, 0) is 69.6 Å². The number of hydrogen-bond donors (Lipinski definition) is 2. The average Bonchev–Trinajstić information content (AvgIpc) is 2.65. The number of benzene rings is 1. The predicted octanol–water partition coefficient (Wildman–Crippen LogP) is 4.50. The molecule has 2 saturated carbocycles. The number of anilines is 1. The highest BCUT2D eigenvalue weighted by molar-refractivity contribution is 5.93. The van der Waals surface area contributed by atoms with Crippen molar-refractivity contribution in [2.75, 3.05) is 5.32 Å². The third-order valence-electron chi connectivity index (χ3n) is 6.07. The summed E-state index contributed by atoms with van der Waals surface area (Å²) in [5.74, 6) is 0.422. The van der Waals surface area contributed by atoms with Gasteiger partial charge >= 0.3 is 0 Å². The topological polar surface area (TPSA) is 58.2 Å². The van der Waals surface area contributed by atoms with Crippen LogP contribution in [-0.4, -0.2) is 17.9 Å². The molecule has 26 heavy (non-hydrogen) atoms. The lowest BCUT2D eigenvalue weighted by Crippen LogP contribution is -2.41. The fourth-order valence-corrected chi connectivity index (χ4v) is 4.29. The van der Waals surface area contributed by atoms with Crippen LogP contribution in [0.1, 0.15) is 68.9 Å². The summed E-state index contributed by atoms with van der Waals surface area (Å²) < 4.78 is 0. The Morgan fingerprint density at radius 2 is 1.46 bits per heavy atom. The molecule has 0 heterocycles. The van der Waals surface area contributed by atoms with E-state index < -0.39 is 0 Å². The molecule has 0 atom stereocenters. The van der Waals surface area contributed by atoms with Gasteiger partial charge in [-0.15, -0.1) is 0 Å². The third kappa shape index (κ3) is 4.87. The van der Waals surface area contributed by atoms with Crippen molar-refractivity contribution < 1.29 is 9.59 Å². The van der Waals surface area contributed by atoms with Crippen LogP contribution in [0.4, 0.5) is 5.69 Å². The van der Waals surface area contributed by atoms with Crippen molar-refractivity contribution in [3.63, 3.8) is 0 Å². The number of rotatable bonds is 4. The molecule has 0 spiro atoms. The van der Waals surface area contributed by atoms with E-state index in [4.69, 9.17) is 0 Å². The Balaban J connectivity index is 1.47. The van der Waals surface area contributed by atoms with Gasteiger partial charge in [-0.2, -0.15) is 0 Å². The van der Waals surface area contributed by atoms with E-state index in [-0.39, 0.29) is 23.7 Å². The van der Waals surface area contributed by atoms with E-state index in [2.05, 4.69) is 16.7 Å². The average molecular weight is 357 g/mol. The molecule has 1 aromatic carbocycles. The Morgan fingerprint density at radius 3 is 2.12 bits per heavy atom. The van der Waals surface area contributed by atoms with E-state index in [9.17, 15) is 9.59 Å². The molecular formula is C22H32N2O2. The molecule has 0 radical (unpaired) electrons. The predicted molar refractivity (Wildman–Crippen MR) is 105 cm³/mol. The highest BCUT2D eigenvalue weighted by Gasteiger charge is 2.31. The van der Waals surface area contributed by atoms with Gasteiger partial charge in [0, 0.05) is 23.6 Å². The summed E-state index contributed by atoms with van der Waals surface area (Å²) in [6.45, 7) is 4.05. The fourth-order valence-electron chi connectivity index (χ4n) is 4.29. The van der Waals surface area contributed by atoms with Crippen LogP contribution in [0.25, 0.3) is 0 Å². The van der Waals surface area contributed by atoms with E-state index in [1.165, 1.54) is 19.3 Å². The maximum atomic E-state index is 12.6. The molecular weight excluding hydrogens is 324 g/mol. The van der Waals surface area contributed by atoms with E-state index in [0.717, 1.165) is 55.3 Å². The molecule has 0 saturated heterocycles. The molecule has 4 heteroatoms. The summed E-state index contributed by atoms with van der Waals surface area (Å²) in [7, 11) is 0.